The molecule has 3 rings (SSSR count). The largest absolute Gasteiger partial charge is 0.369 e. The van der Waals surface area contributed by atoms with Gasteiger partial charge < -0.3 is 15.2 Å². The van der Waals surface area contributed by atoms with Gasteiger partial charge in [-0.05, 0) is 37.9 Å². The lowest BCUT2D eigenvalue weighted by atomic mass is 10.2. The number of benzene rings is 1. The van der Waals surface area contributed by atoms with Crippen molar-refractivity contribution in [3.63, 3.8) is 0 Å². The molecule has 0 spiro atoms. The minimum atomic E-state index is 0. The molecule has 2 aromatic rings. The molecule has 8 heteroatoms. The van der Waals surface area contributed by atoms with Gasteiger partial charge >= 0.3 is 0 Å². The van der Waals surface area contributed by atoms with Gasteiger partial charge in [0.2, 0.25) is 0 Å². The maximum atomic E-state index is 6.54. The topological polar surface area (TPSA) is 44.0 Å². The second-order valence-electron chi connectivity index (χ2n) is 6.01. The van der Waals surface area contributed by atoms with E-state index in [0.29, 0.717) is 5.25 Å². The van der Waals surface area contributed by atoms with Gasteiger partial charge in [0.25, 0.3) is 0 Å². The molecule has 0 saturated carbocycles. The lowest BCUT2D eigenvalue weighted by Gasteiger charge is -2.23. The predicted molar refractivity (Wildman–Crippen MR) is 116 cm³/mol. The fourth-order valence-electron chi connectivity index (χ4n) is 2.99. The van der Waals surface area contributed by atoms with Crippen LogP contribution in [-0.4, -0.2) is 41.4 Å². The summed E-state index contributed by atoms with van der Waals surface area (Å²) in [6, 6.07) is 4.16. The first-order valence-electron chi connectivity index (χ1n) is 8.52. The fraction of sp³-hybridized carbons (Fsp3) is 0.588. The molecule has 1 fully saturated rings. The van der Waals surface area contributed by atoms with Crippen molar-refractivity contribution in [3.8, 4) is 0 Å². The Morgan fingerprint density at radius 2 is 1.96 bits per heavy atom. The molecule has 1 aromatic carbocycles. The Bertz CT molecular complexity index is 653. The summed E-state index contributed by atoms with van der Waals surface area (Å²) in [5.41, 5.74) is 3.15. The molecule has 2 N–H and O–H groups in total. The maximum absolute atomic E-state index is 6.54. The average molecular weight is 426 g/mol. The van der Waals surface area contributed by atoms with Crippen molar-refractivity contribution in [3.05, 3.63) is 17.2 Å². The minimum absolute atomic E-state index is 0. The van der Waals surface area contributed by atoms with Crippen LogP contribution in [0.3, 0.4) is 0 Å². The van der Waals surface area contributed by atoms with Gasteiger partial charge in [-0.15, -0.1) is 24.8 Å². The summed E-state index contributed by atoms with van der Waals surface area (Å²) < 4.78 is 0. The van der Waals surface area contributed by atoms with Crippen molar-refractivity contribution in [2.24, 2.45) is 0 Å². The standard InChI is InChI=1S/C17H25ClN4S.2ClH/c1-3-12(4-2)23-17-20-14-10-13(18)16(11-15(14)21-17)22-8-5-6-19-7-9-22;;/h10-12,19H,3-9H2,1-2H3,(H,20,21);2*1H. The van der Waals surface area contributed by atoms with Gasteiger partial charge in [0.1, 0.15) is 0 Å². The van der Waals surface area contributed by atoms with Crippen LogP contribution in [0.4, 0.5) is 5.69 Å². The molecule has 1 aliphatic rings. The summed E-state index contributed by atoms with van der Waals surface area (Å²) >= 11 is 8.37. The van der Waals surface area contributed by atoms with Crippen LogP contribution in [0, 0.1) is 0 Å². The molecule has 1 aliphatic heterocycles. The zero-order valence-corrected chi connectivity index (χ0v) is 17.9. The van der Waals surface area contributed by atoms with Crippen molar-refractivity contribution in [2.75, 3.05) is 31.1 Å². The number of rotatable bonds is 5. The lowest BCUT2D eigenvalue weighted by Crippen LogP contribution is -2.28. The van der Waals surface area contributed by atoms with Gasteiger partial charge in [-0.25, -0.2) is 4.98 Å². The Labute approximate surface area is 171 Å². The van der Waals surface area contributed by atoms with Crippen LogP contribution in [0.5, 0.6) is 0 Å². The number of fused-ring (bicyclic) bond motifs is 1. The van der Waals surface area contributed by atoms with E-state index in [0.717, 1.165) is 72.3 Å². The number of imidazole rings is 1. The van der Waals surface area contributed by atoms with Crippen molar-refractivity contribution in [1.29, 1.82) is 0 Å². The van der Waals surface area contributed by atoms with Gasteiger partial charge in [-0.3, -0.25) is 0 Å². The Morgan fingerprint density at radius 3 is 2.68 bits per heavy atom. The van der Waals surface area contributed by atoms with Crippen LogP contribution in [0.1, 0.15) is 33.1 Å². The van der Waals surface area contributed by atoms with Crippen LogP contribution in [0.25, 0.3) is 11.0 Å². The molecule has 0 aliphatic carbocycles. The van der Waals surface area contributed by atoms with E-state index in [1.54, 1.807) is 0 Å². The number of anilines is 1. The smallest absolute Gasteiger partial charge is 0.166 e. The van der Waals surface area contributed by atoms with Crippen LogP contribution >= 0.6 is 48.2 Å². The number of aromatic amines is 1. The average Bonchev–Trinajstić information content (AvgIpc) is 2.75. The molecule has 0 radical (unpaired) electrons. The molecule has 1 aromatic heterocycles. The second-order valence-corrected chi connectivity index (χ2v) is 7.71. The lowest BCUT2D eigenvalue weighted by molar-refractivity contribution is 0.724. The van der Waals surface area contributed by atoms with Gasteiger partial charge in [-0.1, -0.05) is 37.2 Å². The van der Waals surface area contributed by atoms with Gasteiger partial charge in [0.15, 0.2) is 5.16 Å². The highest BCUT2D eigenvalue weighted by Crippen LogP contribution is 2.33. The highest BCUT2D eigenvalue weighted by atomic mass is 35.5. The van der Waals surface area contributed by atoms with E-state index in [1.165, 1.54) is 0 Å². The summed E-state index contributed by atoms with van der Waals surface area (Å²) in [5.74, 6) is 0. The first kappa shape index (κ1) is 22.7. The van der Waals surface area contributed by atoms with Crippen LogP contribution < -0.4 is 10.2 Å². The highest BCUT2D eigenvalue weighted by Gasteiger charge is 2.16. The van der Waals surface area contributed by atoms with E-state index in [-0.39, 0.29) is 24.8 Å². The molecule has 2 heterocycles. The Morgan fingerprint density at radius 1 is 1.20 bits per heavy atom. The molecule has 142 valence electrons. The Kier molecular flexibility index (Phi) is 9.75. The Balaban J connectivity index is 0.00000156. The number of hydrogen-bond acceptors (Lipinski definition) is 4. The molecule has 0 amide bonds. The summed E-state index contributed by atoms with van der Waals surface area (Å²) in [7, 11) is 0. The van der Waals surface area contributed by atoms with Crippen LogP contribution in [0.15, 0.2) is 17.3 Å². The van der Waals surface area contributed by atoms with E-state index < -0.39 is 0 Å². The summed E-state index contributed by atoms with van der Waals surface area (Å²) in [6.45, 7) is 8.58. The van der Waals surface area contributed by atoms with Crippen LogP contribution in [0.2, 0.25) is 5.02 Å². The second kappa shape index (κ2) is 10.7. The van der Waals surface area contributed by atoms with E-state index in [2.05, 4.69) is 35.1 Å². The first-order chi connectivity index (χ1) is 11.2. The highest BCUT2D eigenvalue weighted by molar-refractivity contribution is 7.99. The predicted octanol–water partition coefficient (Wildman–Crippen LogP) is 5.14. The molecule has 25 heavy (non-hydrogen) atoms. The van der Waals surface area contributed by atoms with Crippen molar-refractivity contribution < 1.29 is 0 Å². The first-order valence-corrected chi connectivity index (χ1v) is 9.78. The number of hydrogen-bond donors (Lipinski definition) is 2. The van der Waals surface area contributed by atoms with Gasteiger partial charge in [-0.2, -0.15) is 0 Å². The third kappa shape index (κ3) is 5.57. The number of nitrogens with zero attached hydrogens (tertiary/aromatic N) is 2. The SMILES string of the molecule is CCC(CC)Sc1nc2cc(Cl)c(N3CCCNCC3)cc2[nH]1.Cl.Cl. The number of halogens is 3. The number of aromatic nitrogens is 2. The van der Waals surface area contributed by atoms with Gasteiger partial charge in [0.05, 0.1) is 21.7 Å². The molecule has 4 nitrogen and oxygen atoms in total. The van der Waals surface area contributed by atoms with E-state index in [4.69, 9.17) is 16.6 Å². The van der Waals surface area contributed by atoms with E-state index in [9.17, 15) is 0 Å². The zero-order valence-electron chi connectivity index (χ0n) is 14.7. The molecule has 0 atom stereocenters. The number of H-pyrrole nitrogens is 1. The van der Waals surface area contributed by atoms with Crippen LogP contribution in [-0.2, 0) is 0 Å². The Hall–Kier alpha value is -0.330. The molecule has 0 unspecified atom stereocenters. The maximum Gasteiger partial charge on any atom is 0.166 e. The summed E-state index contributed by atoms with van der Waals surface area (Å²) in [6.07, 6.45) is 3.46. The summed E-state index contributed by atoms with van der Waals surface area (Å²) in [5, 5.41) is 5.84. The third-order valence-corrected chi connectivity index (χ3v) is 6.12. The number of thioether (sulfide) groups is 1. The zero-order chi connectivity index (χ0) is 16.2. The van der Waals surface area contributed by atoms with Crippen molar-refractivity contribution >= 4 is 64.9 Å². The monoisotopic (exact) mass is 424 g/mol. The molecular formula is C17H27Cl3N4S. The minimum Gasteiger partial charge on any atom is -0.369 e. The normalized spacial score (nSPS) is 15.0. The molecular weight excluding hydrogens is 399 g/mol. The van der Waals surface area contributed by atoms with Crippen molar-refractivity contribution in [2.45, 2.75) is 43.5 Å². The quantitative estimate of drug-likeness (QED) is 0.651. The third-order valence-electron chi connectivity index (χ3n) is 4.40. The van der Waals surface area contributed by atoms with Crippen molar-refractivity contribution in [1.82, 2.24) is 15.3 Å². The molecule has 1 saturated heterocycles. The summed E-state index contributed by atoms with van der Waals surface area (Å²) in [4.78, 5) is 10.5. The fourth-order valence-corrected chi connectivity index (χ4v) is 4.24. The van der Waals surface area contributed by atoms with E-state index >= 15 is 0 Å². The van der Waals surface area contributed by atoms with Gasteiger partial charge in [0, 0.05) is 24.9 Å². The molecule has 0 bridgehead atoms. The van der Waals surface area contributed by atoms with E-state index in [1.807, 2.05) is 17.8 Å². The number of nitrogens with one attached hydrogen (secondary N) is 2.